The quantitative estimate of drug-likeness (QED) is 0.765. The van der Waals surface area contributed by atoms with E-state index in [1.165, 1.54) is 4.31 Å². The van der Waals surface area contributed by atoms with Crippen LogP contribution in [0.15, 0.2) is 24.3 Å². The Kier molecular flexibility index (Phi) is 5.67. The minimum atomic E-state index is -3.55. The van der Waals surface area contributed by atoms with Gasteiger partial charge in [-0.15, -0.1) is 0 Å². The molecule has 1 aliphatic rings. The van der Waals surface area contributed by atoms with Crippen molar-refractivity contribution in [1.29, 1.82) is 0 Å². The van der Waals surface area contributed by atoms with Crippen molar-refractivity contribution in [3.63, 3.8) is 0 Å². The summed E-state index contributed by atoms with van der Waals surface area (Å²) in [5.41, 5.74) is 1.36. The Morgan fingerprint density at radius 2 is 2.00 bits per heavy atom. The van der Waals surface area contributed by atoms with Gasteiger partial charge in [0.15, 0.2) is 9.84 Å². The Balaban J connectivity index is 1.99. The van der Waals surface area contributed by atoms with Gasteiger partial charge in [0.1, 0.15) is 0 Å². The minimum Gasteiger partial charge on any atom is -0.351 e. The van der Waals surface area contributed by atoms with Crippen LogP contribution in [0.4, 0.5) is 0 Å². The normalized spacial score (nSPS) is 20.2. The van der Waals surface area contributed by atoms with Gasteiger partial charge in [0.2, 0.25) is 10.0 Å². The van der Waals surface area contributed by atoms with E-state index in [9.17, 15) is 21.6 Å². The van der Waals surface area contributed by atoms with Crippen LogP contribution in [0, 0.1) is 6.92 Å². The van der Waals surface area contributed by atoms with Crippen molar-refractivity contribution in [2.45, 2.75) is 19.4 Å². The maximum atomic E-state index is 12.1. The highest BCUT2D eigenvalue weighted by Gasteiger charge is 2.36. The minimum absolute atomic E-state index is 0.000738. The topological polar surface area (TPSA) is 101 Å². The molecule has 1 aromatic carbocycles. The molecule has 2 rings (SSSR count). The second kappa shape index (κ2) is 7.20. The van der Waals surface area contributed by atoms with E-state index in [1.54, 1.807) is 12.1 Å². The van der Waals surface area contributed by atoms with Gasteiger partial charge in [-0.05, 0) is 25.0 Å². The molecule has 24 heavy (non-hydrogen) atoms. The Labute approximate surface area is 143 Å². The van der Waals surface area contributed by atoms with Gasteiger partial charge < -0.3 is 5.32 Å². The average Bonchev–Trinajstić information content (AvgIpc) is 2.82. The molecule has 0 aromatic heterocycles. The summed E-state index contributed by atoms with van der Waals surface area (Å²) < 4.78 is 48.2. The molecule has 0 spiro atoms. The van der Waals surface area contributed by atoms with E-state index in [0.717, 1.165) is 11.8 Å². The van der Waals surface area contributed by atoms with Crippen molar-refractivity contribution in [3.05, 3.63) is 35.4 Å². The third kappa shape index (κ3) is 4.78. The number of amides is 1. The number of carbonyl (C=O) groups is 1. The second-order valence-corrected chi connectivity index (χ2v) is 10.2. The predicted molar refractivity (Wildman–Crippen MR) is 92.1 cm³/mol. The fourth-order valence-electron chi connectivity index (χ4n) is 2.82. The lowest BCUT2D eigenvalue weighted by molar-refractivity contribution is 0.0950. The molecule has 1 saturated heterocycles. The molecule has 1 atom stereocenters. The summed E-state index contributed by atoms with van der Waals surface area (Å²) in [5.74, 6) is -0.439. The number of sulfonamides is 1. The lowest BCUT2D eigenvalue weighted by Gasteiger charge is -2.25. The van der Waals surface area contributed by atoms with Crippen molar-refractivity contribution in [2.75, 3.05) is 30.9 Å². The van der Waals surface area contributed by atoms with Gasteiger partial charge in [0.05, 0.1) is 17.8 Å². The first-order valence-electron chi connectivity index (χ1n) is 7.61. The van der Waals surface area contributed by atoms with Crippen LogP contribution in [0.2, 0.25) is 0 Å². The van der Waals surface area contributed by atoms with E-state index < -0.39 is 25.9 Å². The number of rotatable bonds is 6. The van der Waals surface area contributed by atoms with Gasteiger partial charge in [-0.2, -0.15) is 4.31 Å². The Hall–Kier alpha value is -1.45. The smallest absolute Gasteiger partial charge is 0.251 e. The van der Waals surface area contributed by atoms with E-state index in [1.807, 2.05) is 19.1 Å². The number of aryl methyl sites for hydroxylation is 1. The van der Waals surface area contributed by atoms with E-state index in [0.29, 0.717) is 12.0 Å². The maximum absolute atomic E-state index is 12.1. The number of nitrogens with one attached hydrogen (secondary N) is 1. The monoisotopic (exact) mass is 374 g/mol. The summed E-state index contributed by atoms with van der Waals surface area (Å²) >= 11 is 0. The molecular formula is C15H22N2O5S2. The van der Waals surface area contributed by atoms with E-state index in [2.05, 4.69) is 5.32 Å². The van der Waals surface area contributed by atoms with E-state index in [-0.39, 0.29) is 30.5 Å². The predicted octanol–water partition coefficient (Wildman–Crippen LogP) is 0.174. The van der Waals surface area contributed by atoms with E-state index in [4.69, 9.17) is 0 Å². The first-order chi connectivity index (χ1) is 11.1. The number of benzene rings is 1. The van der Waals surface area contributed by atoms with Gasteiger partial charge in [0.25, 0.3) is 5.91 Å². The third-order valence-electron chi connectivity index (χ3n) is 4.05. The Morgan fingerprint density at radius 1 is 1.33 bits per heavy atom. The molecule has 0 saturated carbocycles. The molecule has 134 valence electrons. The van der Waals surface area contributed by atoms with Crippen LogP contribution in [0.5, 0.6) is 0 Å². The van der Waals surface area contributed by atoms with Gasteiger partial charge in [-0.25, -0.2) is 16.8 Å². The molecule has 1 amide bonds. The van der Waals surface area contributed by atoms with Gasteiger partial charge in [-0.3, -0.25) is 4.79 Å². The van der Waals surface area contributed by atoms with Crippen LogP contribution in [-0.2, 0) is 19.9 Å². The lowest BCUT2D eigenvalue weighted by atomic mass is 10.1. The molecular weight excluding hydrogens is 352 g/mol. The first-order valence-corrected chi connectivity index (χ1v) is 11.3. The summed E-state index contributed by atoms with van der Waals surface area (Å²) in [6, 6.07) is 6.55. The van der Waals surface area contributed by atoms with Gasteiger partial charge in [0, 0.05) is 24.7 Å². The number of nitrogens with zero attached hydrogens (tertiary/aromatic N) is 1. The number of hydrogen-bond acceptors (Lipinski definition) is 5. The molecule has 0 radical (unpaired) electrons. The summed E-state index contributed by atoms with van der Waals surface area (Å²) in [6.07, 6.45) is 1.35. The third-order valence-corrected chi connectivity index (χ3v) is 7.13. The van der Waals surface area contributed by atoms with Crippen molar-refractivity contribution in [1.82, 2.24) is 9.62 Å². The Bertz CT molecular complexity index is 818. The fourth-order valence-corrected chi connectivity index (χ4v) is 5.79. The zero-order valence-corrected chi connectivity index (χ0v) is 15.4. The van der Waals surface area contributed by atoms with Crippen molar-refractivity contribution in [2.24, 2.45) is 0 Å². The van der Waals surface area contributed by atoms with Crippen molar-refractivity contribution >= 4 is 25.8 Å². The highest BCUT2D eigenvalue weighted by molar-refractivity contribution is 7.92. The van der Waals surface area contributed by atoms with Crippen LogP contribution in [0.25, 0.3) is 0 Å². The molecule has 1 N–H and O–H groups in total. The van der Waals surface area contributed by atoms with Crippen molar-refractivity contribution in [3.8, 4) is 0 Å². The summed E-state index contributed by atoms with van der Waals surface area (Å²) in [5, 5.41) is 2.69. The molecule has 1 aliphatic heterocycles. The summed E-state index contributed by atoms with van der Waals surface area (Å²) in [4.78, 5) is 12.1. The maximum Gasteiger partial charge on any atom is 0.251 e. The molecule has 9 heteroatoms. The largest absolute Gasteiger partial charge is 0.351 e. The van der Waals surface area contributed by atoms with Crippen LogP contribution >= 0.6 is 0 Å². The molecule has 1 fully saturated rings. The van der Waals surface area contributed by atoms with Crippen LogP contribution < -0.4 is 5.32 Å². The first kappa shape index (κ1) is 18.9. The number of carbonyl (C=O) groups excluding carboxylic acids is 1. The van der Waals surface area contributed by atoms with Crippen molar-refractivity contribution < 1.29 is 21.6 Å². The second-order valence-electron chi connectivity index (χ2n) is 6.00. The summed E-state index contributed by atoms with van der Waals surface area (Å²) in [6.45, 7) is 1.99. The van der Waals surface area contributed by atoms with Crippen LogP contribution in [0.1, 0.15) is 22.3 Å². The zero-order chi connectivity index (χ0) is 18.0. The molecule has 0 bridgehead atoms. The van der Waals surface area contributed by atoms with Gasteiger partial charge in [-0.1, -0.05) is 18.2 Å². The Morgan fingerprint density at radius 3 is 2.54 bits per heavy atom. The van der Waals surface area contributed by atoms with Crippen LogP contribution in [0.3, 0.4) is 0 Å². The van der Waals surface area contributed by atoms with Gasteiger partial charge >= 0.3 is 0 Å². The number of sulfone groups is 1. The van der Waals surface area contributed by atoms with E-state index >= 15 is 0 Å². The molecule has 1 heterocycles. The lowest BCUT2D eigenvalue weighted by Crippen LogP contribution is -2.44. The SMILES string of the molecule is Cc1ccccc1C(=O)NCCN(C1CCS(=O)(=O)C1)S(C)(=O)=O. The molecule has 0 aliphatic carbocycles. The molecule has 7 nitrogen and oxygen atoms in total. The number of hydrogen-bond donors (Lipinski definition) is 1. The highest BCUT2D eigenvalue weighted by Crippen LogP contribution is 2.19. The summed E-state index contributed by atoms with van der Waals surface area (Å²) in [7, 11) is -6.74. The molecule has 1 aromatic rings. The van der Waals surface area contributed by atoms with Crippen LogP contribution in [-0.4, -0.2) is 63.9 Å². The average molecular weight is 374 g/mol. The molecule has 1 unspecified atom stereocenters. The zero-order valence-electron chi connectivity index (χ0n) is 13.7. The highest BCUT2D eigenvalue weighted by atomic mass is 32.2. The fraction of sp³-hybridized carbons (Fsp3) is 0.533. The standard InChI is InChI=1S/C15H22N2O5S2/c1-12-5-3-4-6-14(12)15(18)16-8-9-17(23(2,19)20)13-7-10-24(21,22)11-13/h3-6,13H,7-11H2,1-2H3,(H,16,18).